The summed E-state index contributed by atoms with van der Waals surface area (Å²) in [6.45, 7) is 7.28. The lowest BCUT2D eigenvalue weighted by molar-refractivity contribution is 0.166. The Hall–Kier alpha value is -1.81. The molecule has 0 aliphatic carbocycles. The van der Waals surface area contributed by atoms with E-state index in [2.05, 4.69) is 12.0 Å². The van der Waals surface area contributed by atoms with Crippen molar-refractivity contribution in [3.63, 3.8) is 0 Å². The fourth-order valence-electron chi connectivity index (χ4n) is 2.25. The monoisotopic (exact) mass is 274 g/mol. The van der Waals surface area contributed by atoms with Crippen LogP contribution in [-0.4, -0.2) is 14.9 Å². The smallest absolute Gasteiger partial charge is 0.130 e. The number of aromatic nitrogens is 2. The Balaban J connectivity index is 2.14. The van der Waals surface area contributed by atoms with E-state index in [9.17, 15) is 5.11 Å². The first-order valence-corrected chi connectivity index (χ1v) is 7.08. The maximum absolute atomic E-state index is 10.0. The molecule has 0 saturated carbocycles. The molecule has 0 radical (unpaired) electrons. The van der Waals surface area contributed by atoms with E-state index in [1.54, 1.807) is 0 Å². The minimum atomic E-state index is -0.482. The number of benzene rings is 1. The van der Waals surface area contributed by atoms with Crippen molar-refractivity contribution in [2.24, 2.45) is 0 Å². The van der Waals surface area contributed by atoms with Gasteiger partial charge in [0.1, 0.15) is 12.4 Å². The third-order valence-electron chi connectivity index (χ3n) is 3.33. The van der Waals surface area contributed by atoms with Crippen molar-refractivity contribution in [3.8, 4) is 5.75 Å². The van der Waals surface area contributed by atoms with E-state index in [0.29, 0.717) is 13.0 Å². The predicted molar refractivity (Wildman–Crippen MR) is 78.7 cm³/mol. The van der Waals surface area contributed by atoms with Crippen LogP contribution in [0.1, 0.15) is 43.3 Å². The first-order chi connectivity index (χ1) is 9.65. The molecule has 1 N–H and O–H groups in total. The van der Waals surface area contributed by atoms with Crippen molar-refractivity contribution in [2.75, 3.05) is 0 Å². The average Bonchev–Trinajstić information content (AvgIpc) is 2.84. The summed E-state index contributed by atoms with van der Waals surface area (Å²) in [7, 11) is 0. The lowest BCUT2D eigenvalue weighted by atomic mass is 10.1. The van der Waals surface area contributed by atoms with Crippen molar-refractivity contribution in [1.29, 1.82) is 0 Å². The summed E-state index contributed by atoms with van der Waals surface area (Å²) in [4.78, 5) is 0. The van der Waals surface area contributed by atoms with E-state index >= 15 is 0 Å². The molecule has 4 heteroatoms. The highest BCUT2D eigenvalue weighted by atomic mass is 16.5. The molecule has 0 fully saturated rings. The Bertz CT molecular complexity index is 563. The lowest BCUT2D eigenvalue weighted by Gasteiger charge is -2.15. The van der Waals surface area contributed by atoms with Gasteiger partial charge in [0.2, 0.25) is 0 Å². The molecule has 2 aromatic rings. The highest BCUT2D eigenvalue weighted by Crippen LogP contribution is 2.27. The van der Waals surface area contributed by atoms with E-state index in [-0.39, 0.29) is 0 Å². The van der Waals surface area contributed by atoms with Gasteiger partial charge >= 0.3 is 0 Å². The first-order valence-electron chi connectivity index (χ1n) is 7.08. The van der Waals surface area contributed by atoms with Crippen LogP contribution in [0.15, 0.2) is 30.3 Å². The maximum atomic E-state index is 10.0. The third-order valence-corrected chi connectivity index (χ3v) is 3.33. The van der Waals surface area contributed by atoms with Gasteiger partial charge in [-0.05, 0) is 32.4 Å². The molecular weight excluding hydrogens is 252 g/mol. The Morgan fingerprint density at radius 1 is 1.30 bits per heavy atom. The Morgan fingerprint density at radius 3 is 2.75 bits per heavy atom. The van der Waals surface area contributed by atoms with E-state index in [0.717, 1.165) is 29.2 Å². The molecular formula is C16H22N2O2. The second-order valence-electron chi connectivity index (χ2n) is 4.84. The van der Waals surface area contributed by atoms with E-state index < -0.39 is 6.10 Å². The molecule has 0 spiro atoms. The van der Waals surface area contributed by atoms with Gasteiger partial charge in [0.25, 0.3) is 0 Å². The van der Waals surface area contributed by atoms with Gasteiger partial charge in [-0.2, -0.15) is 5.10 Å². The molecule has 0 bridgehead atoms. The van der Waals surface area contributed by atoms with Gasteiger partial charge in [0, 0.05) is 12.1 Å². The number of ether oxygens (including phenoxy) is 1. The fraction of sp³-hybridized carbons (Fsp3) is 0.438. The second kappa shape index (κ2) is 6.57. The molecule has 0 amide bonds. The molecule has 0 saturated heterocycles. The van der Waals surface area contributed by atoms with Crippen molar-refractivity contribution in [3.05, 3.63) is 47.3 Å². The SMILES string of the molecule is CC[C@H](O)c1ccccc1OCc1cc(C)nn1CC. The van der Waals surface area contributed by atoms with Crippen LogP contribution in [-0.2, 0) is 13.2 Å². The van der Waals surface area contributed by atoms with Crippen LogP contribution >= 0.6 is 0 Å². The van der Waals surface area contributed by atoms with Gasteiger partial charge in [-0.25, -0.2) is 0 Å². The summed E-state index contributed by atoms with van der Waals surface area (Å²) in [5.41, 5.74) is 2.88. The molecule has 2 rings (SSSR count). The van der Waals surface area contributed by atoms with Crippen LogP contribution in [0.5, 0.6) is 5.75 Å². The molecule has 108 valence electrons. The van der Waals surface area contributed by atoms with Crippen molar-refractivity contribution in [2.45, 2.75) is 46.4 Å². The van der Waals surface area contributed by atoms with Crippen LogP contribution in [0.25, 0.3) is 0 Å². The second-order valence-corrected chi connectivity index (χ2v) is 4.84. The molecule has 1 heterocycles. The Kier molecular flexibility index (Phi) is 4.79. The highest BCUT2D eigenvalue weighted by molar-refractivity contribution is 5.35. The molecule has 1 aromatic carbocycles. The predicted octanol–water partition coefficient (Wildman–Crippen LogP) is 3.23. The number of rotatable bonds is 6. The van der Waals surface area contributed by atoms with Crippen LogP contribution in [0.4, 0.5) is 0 Å². The van der Waals surface area contributed by atoms with Gasteiger partial charge < -0.3 is 9.84 Å². The molecule has 0 aliphatic heterocycles. The third kappa shape index (κ3) is 3.20. The molecule has 1 aromatic heterocycles. The van der Waals surface area contributed by atoms with Gasteiger partial charge in [-0.15, -0.1) is 0 Å². The Labute approximate surface area is 120 Å². The summed E-state index contributed by atoms with van der Waals surface area (Å²) < 4.78 is 7.82. The molecule has 0 aliphatic rings. The number of aryl methyl sites for hydroxylation is 2. The summed E-state index contributed by atoms with van der Waals surface area (Å²) >= 11 is 0. The number of aliphatic hydroxyl groups is 1. The minimum absolute atomic E-state index is 0.460. The molecule has 4 nitrogen and oxygen atoms in total. The Morgan fingerprint density at radius 2 is 2.05 bits per heavy atom. The van der Waals surface area contributed by atoms with Gasteiger partial charge in [-0.3, -0.25) is 4.68 Å². The van der Waals surface area contributed by atoms with Crippen LogP contribution < -0.4 is 4.74 Å². The summed E-state index contributed by atoms with van der Waals surface area (Å²) in [5.74, 6) is 0.739. The number of para-hydroxylation sites is 1. The zero-order valence-corrected chi connectivity index (χ0v) is 12.3. The summed E-state index contributed by atoms with van der Waals surface area (Å²) in [6, 6.07) is 9.67. The quantitative estimate of drug-likeness (QED) is 0.879. The zero-order chi connectivity index (χ0) is 14.5. The standard InChI is InChI=1S/C16H22N2O2/c1-4-15(19)14-8-6-7-9-16(14)20-11-13-10-12(3)17-18(13)5-2/h6-10,15,19H,4-5,11H2,1-3H3/t15-/m0/s1. The lowest BCUT2D eigenvalue weighted by Crippen LogP contribution is -2.07. The van der Waals surface area contributed by atoms with Crippen LogP contribution in [0, 0.1) is 6.92 Å². The van der Waals surface area contributed by atoms with Gasteiger partial charge in [-0.1, -0.05) is 25.1 Å². The number of aliphatic hydroxyl groups excluding tert-OH is 1. The van der Waals surface area contributed by atoms with Gasteiger partial charge in [0.05, 0.1) is 17.5 Å². The van der Waals surface area contributed by atoms with E-state index in [1.165, 1.54) is 0 Å². The number of hydrogen-bond acceptors (Lipinski definition) is 3. The van der Waals surface area contributed by atoms with Crippen LogP contribution in [0.3, 0.4) is 0 Å². The summed E-state index contributed by atoms with van der Waals surface area (Å²) in [6.07, 6.45) is 0.191. The first kappa shape index (κ1) is 14.6. The van der Waals surface area contributed by atoms with E-state index in [1.807, 2.05) is 48.9 Å². The fourth-order valence-corrected chi connectivity index (χ4v) is 2.25. The van der Waals surface area contributed by atoms with Crippen LogP contribution in [0.2, 0.25) is 0 Å². The molecule has 1 atom stereocenters. The number of hydrogen-bond donors (Lipinski definition) is 1. The maximum Gasteiger partial charge on any atom is 0.130 e. The van der Waals surface area contributed by atoms with Crippen molar-refractivity contribution >= 4 is 0 Å². The zero-order valence-electron chi connectivity index (χ0n) is 12.3. The summed E-state index contributed by atoms with van der Waals surface area (Å²) in [5, 5.41) is 14.4. The normalized spacial score (nSPS) is 12.4. The minimum Gasteiger partial charge on any atom is -0.487 e. The van der Waals surface area contributed by atoms with E-state index in [4.69, 9.17) is 4.74 Å². The highest BCUT2D eigenvalue weighted by Gasteiger charge is 2.12. The topological polar surface area (TPSA) is 47.3 Å². The van der Waals surface area contributed by atoms with Crippen molar-refractivity contribution < 1.29 is 9.84 Å². The molecule has 0 unspecified atom stereocenters. The number of nitrogens with zero attached hydrogens (tertiary/aromatic N) is 2. The molecule has 20 heavy (non-hydrogen) atoms. The largest absolute Gasteiger partial charge is 0.487 e. The average molecular weight is 274 g/mol. The van der Waals surface area contributed by atoms with Crippen molar-refractivity contribution in [1.82, 2.24) is 9.78 Å². The van der Waals surface area contributed by atoms with Gasteiger partial charge in [0.15, 0.2) is 0 Å².